The Labute approximate surface area is 180 Å². The zero-order chi connectivity index (χ0) is 21.8. The maximum Gasteiger partial charge on any atom is 0.416 e. The number of alkyl halides is 3. The van der Waals surface area contributed by atoms with Crippen LogP contribution in [0.5, 0.6) is 0 Å². The number of anilines is 2. The summed E-state index contributed by atoms with van der Waals surface area (Å²) < 4.78 is 42.7. The highest BCUT2D eigenvalue weighted by atomic mass is 32.1. The molecule has 7 nitrogen and oxygen atoms in total. The molecule has 1 aliphatic rings. The first-order valence-electron chi connectivity index (χ1n) is 9.57. The molecule has 162 valence electrons. The van der Waals surface area contributed by atoms with E-state index in [1.807, 2.05) is 18.2 Å². The predicted octanol–water partition coefficient (Wildman–Crippen LogP) is 3.65. The fourth-order valence-electron chi connectivity index (χ4n) is 3.32. The molecule has 0 bridgehead atoms. The lowest BCUT2D eigenvalue weighted by atomic mass is 10.1. The van der Waals surface area contributed by atoms with E-state index in [2.05, 4.69) is 24.6 Å². The first kappa shape index (κ1) is 21.2. The van der Waals surface area contributed by atoms with Gasteiger partial charge in [-0.05, 0) is 30.3 Å². The van der Waals surface area contributed by atoms with Gasteiger partial charge in [-0.2, -0.15) is 17.5 Å². The summed E-state index contributed by atoms with van der Waals surface area (Å²) in [5, 5.41) is 3.76. The van der Waals surface area contributed by atoms with Gasteiger partial charge in [0, 0.05) is 49.8 Å². The van der Waals surface area contributed by atoms with Crippen molar-refractivity contribution < 1.29 is 18.0 Å². The predicted molar refractivity (Wildman–Crippen MR) is 110 cm³/mol. The number of rotatable bonds is 5. The number of carbonyl (C=O) groups is 1. The first-order chi connectivity index (χ1) is 14.9. The number of halogens is 3. The van der Waals surface area contributed by atoms with Crippen LogP contribution in [0.15, 0.2) is 48.8 Å². The molecule has 0 radical (unpaired) electrons. The van der Waals surface area contributed by atoms with Gasteiger partial charge in [-0.25, -0.2) is 9.97 Å². The molecule has 1 saturated heterocycles. The van der Waals surface area contributed by atoms with Crippen LogP contribution in [0, 0.1) is 0 Å². The SMILES string of the molecule is O=C(c1cccc(C(F)(F)F)c1)N1CCN(Cc2cccc(Nc3ncns3)n2)CC1. The van der Waals surface area contributed by atoms with E-state index in [9.17, 15) is 18.0 Å². The Morgan fingerprint density at radius 2 is 1.87 bits per heavy atom. The number of carbonyl (C=O) groups excluding carboxylic acids is 1. The second kappa shape index (κ2) is 8.98. The van der Waals surface area contributed by atoms with Crippen molar-refractivity contribution >= 4 is 28.4 Å². The van der Waals surface area contributed by atoms with Crippen LogP contribution in [0.3, 0.4) is 0 Å². The molecule has 4 rings (SSSR count). The molecule has 1 fully saturated rings. The van der Waals surface area contributed by atoms with E-state index in [-0.39, 0.29) is 11.5 Å². The van der Waals surface area contributed by atoms with Gasteiger partial charge in [0.25, 0.3) is 5.91 Å². The highest BCUT2D eigenvalue weighted by molar-refractivity contribution is 7.09. The second-order valence-electron chi connectivity index (χ2n) is 7.03. The van der Waals surface area contributed by atoms with Gasteiger partial charge >= 0.3 is 6.18 Å². The molecule has 31 heavy (non-hydrogen) atoms. The second-order valence-corrected chi connectivity index (χ2v) is 7.81. The molecule has 0 spiro atoms. The van der Waals surface area contributed by atoms with Crippen LogP contribution in [-0.2, 0) is 12.7 Å². The van der Waals surface area contributed by atoms with Crippen LogP contribution in [0.1, 0.15) is 21.6 Å². The number of nitrogens with one attached hydrogen (secondary N) is 1. The van der Waals surface area contributed by atoms with Crippen molar-refractivity contribution in [3.8, 4) is 0 Å². The van der Waals surface area contributed by atoms with Gasteiger partial charge in [0.1, 0.15) is 12.1 Å². The average Bonchev–Trinajstić information content (AvgIpc) is 3.27. The summed E-state index contributed by atoms with van der Waals surface area (Å²) in [6.45, 7) is 2.72. The monoisotopic (exact) mass is 448 g/mol. The van der Waals surface area contributed by atoms with Crippen LogP contribution in [-0.4, -0.2) is 56.2 Å². The number of hydrogen-bond acceptors (Lipinski definition) is 7. The van der Waals surface area contributed by atoms with E-state index in [0.29, 0.717) is 43.7 Å². The van der Waals surface area contributed by atoms with Gasteiger partial charge in [-0.1, -0.05) is 12.1 Å². The van der Waals surface area contributed by atoms with Crippen LogP contribution < -0.4 is 5.32 Å². The number of hydrogen-bond donors (Lipinski definition) is 1. The molecule has 1 aliphatic heterocycles. The Morgan fingerprint density at radius 3 is 2.58 bits per heavy atom. The van der Waals surface area contributed by atoms with Crippen molar-refractivity contribution in [1.82, 2.24) is 24.1 Å². The minimum Gasteiger partial charge on any atom is -0.336 e. The fraction of sp³-hybridized carbons (Fsp3) is 0.300. The molecular formula is C20H19F3N6OS. The van der Waals surface area contributed by atoms with Crippen molar-refractivity contribution in [3.63, 3.8) is 0 Å². The minimum absolute atomic E-state index is 0.0559. The Morgan fingerprint density at radius 1 is 1.10 bits per heavy atom. The number of aromatic nitrogens is 3. The lowest BCUT2D eigenvalue weighted by Gasteiger charge is -2.34. The summed E-state index contributed by atoms with van der Waals surface area (Å²) >= 11 is 1.24. The lowest BCUT2D eigenvalue weighted by molar-refractivity contribution is -0.137. The number of pyridine rings is 1. The third-order valence-electron chi connectivity index (χ3n) is 4.89. The summed E-state index contributed by atoms with van der Waals surface area (Å²) in [6.07, 6.45) is -3.00. The van der Waals surface area contributed by atoms with Crippen LogP contribution >= 0.6 is 11.5 Å². The highest BCUT2D eigenvalue weighted by Crippen LogP contribution is 2.29. The quantitative estimate of drug-likeness (QED) is 0.642. The van der Waals surface area contributed by atoms with E-state index in [0.717, 1.165) is 17.8 Å². The standard InChI is InChI=1S/C20H19F3N6OS/c21-20(22,23)15-4-1-3-14(11-15)18(30)29-9-7-28(8-10-29)12-16-5-2-6-17(26-16)27-19-24-13-25-31-19/h1-6,11,13H,7-10,12H2,(H,24,25,26,27). The van der Waals surface area contributed by atoms with E-state index in [4.69, 9.17) is 0 Å². The molecule has 11 heteroatoms. The zero-order valence-corrected chi connectivity index (χ0v) is 17.2. The molecular weight excluding hydrogens is 429 g/mol. The van der Waals surface area contributed by atoms with Crippen molar-refractivity contribution in [1.29, 1.82) is 0 Å². The van der Waals surface area contributed by atoms with Crippen LogP contribution in [0.4, 0.5) is 24.1 Å². The largest absolute Gasteiger partial charge is 0.416 e. The van der Waals surface area contributed by atoms with Crippen molar-refractivity contribution in [2.24, 2.45) is 0 Å². The number of piperazine rings is 1. The van der Waals surface area contributed by atoms with E-state index >= 15 is 0 Å². The molecule has 1 N–H and O–H groups in total. The third-order valence-corrected chi connectivity index (χ3v) is 5.47. The normalized spacial score (nSPS) is 15.1. The van der Waals surface area contributed by atoms with Gasteiger partial charge in [0.05, 0.1) is 11.3 Å². The summed E-state index contributed by atoms with van der Waals surface area (Å²) in [5.74, 6) is 0.291. The minimum atomic E-state index is -4.47. The molecule has 0 aliphatic carbocycles. The van der Waals surface area contributed by atoms with E-state index < -0.39 is 11.7 Å². The number of nitrogens with zero attached hydrogens (tertiary/aromatic N) is 5. The molecule has 1 amide bonds. The molecule has 3 heterocycles. The lowest BCUT2D eigenvalue weighted by Crippen LogP contribution is -2.48. The van der Waals surface area contributed by atoms with E-state index in [1.165, 1.54) is 30.0 Å². The van der Waals surface area contributed by atoms with Crippen LogP contribution in [0.25, 0.3) is 0 Å². The van der Waals surface area contributed by atoms with Crippen molar-refractivity contribution in [3.05, 3.63) is 65.6 Å². The number of amides is 1. The smallest absolute Gasteiger partial charge is 0.336 e. The maximum absolute atomic E-state index is 12.9. The van der Waals surface area contributed by atoms with Crippen LogP contribution in [0.2, 0.25) is 0 Å². The molecule has 0 unspecified atom stereocenters. The molecule has 1 aromatic carbocycles. The zero-order valence-electron chi connectivity index (χ0n) is 16.3. The van der Waals surface area contributed by atoms with E-state index in [1.54, 1.807) is 4.90 Å². The molecule has 2 aromatic heterocycles. The fourth-order valence-corrected chi connectivity index (χ4v) is 3.76. The van der Waals surface area contributed by atoms with Gasteiger partial charge in [0.2, 0.25) is 5.13 Å². The van der Waals surface area contributed by atoms with Gasteiger partial charge in [-0.3, -0.25) is 9.69 Å². The molecule has 0 saturated carbocycles. The summed E-state index contributed by atoms with van der Waals surface area (Å²) in [6, 6.07) is 10.2. The Balaban J connectivity index is 1.33. The van der Waals surface area contributed by atoms with Crippen molar-refractivity contribution in [2.45, 2.75) is 12.7 Å². The number of benzene rings is 1. The Bertz CT molecular complexity index is 1040. The van der Waals surface area contributed by atoms with Crippen molar-refractivity contribution in [2.75, 3.05) is 31.5 Å². The topological polar surface area (TPSA) is 74.2 Å². The Kier molecular flexibility index (Phi) is 6.14. The molecule has 0 atom stereocenters. The summed E-state index contributed by atoms with van der Waals surface area (Å²) in [7, 11) is 0. The third kappa shape index (κ3) is 5.36. The summed E-state index contributed by atoms with van der Waals surface area (Å²) in [4.78, 5) is 25.0. The van der Waals surface area contributed by atoms with Gasteiger partial charge < -0.3 is 10.2 Å². The Hall–Kier alpha value is -3.05. The molecule has 3 aromatic rings. The van der Waals surface area contributed by atoms with Gasteiger partial charge in [-0.15, -0.1) is 0 Å². The first-order valence-corrected chi connectivity index (χ1v) is 10.3. The average molecular weight is 448 g/mol. The van der Waals surface area contributed by atoms with Gasteiger partial charge in [0.15, 0.2) is 0 Å². The maximum atomic E-state index is 12.9. The highest BCUT2D eigenvalue weighted by Gasteiger charge is 2.31. The summed E-state index contributed by atoms with van der Waals surface area (Å²) in [5.41, 5.74) is 0.109.